The van der Waals surface area contributed by atoms with Crippen LogP contribution in [0.15, 0.2) is 0 Å². The second-order valence-electron chi connectivity index (χ2n) is 10.1. The van der Waals surface area contributed by atoms with Crippen molar-refractivity contribution in [2.75, 3.05) is 6.61 Å². The quantitative estimate of drug-likeness (QED) is 0.198. The lowest BCUT2D eigenvalue weighted by atomic mass is 10.0. The largest absolute Gasteiger partial charge is 0.550 e. The van der Waals surface area contributed by atoms with Gasteiger partial charge < -0.3 is 34.7 Å². The second-order valence-corrected chi connectivity index (χ2v) is 10.1. The molecule has 3 N–H and O–H groups in total. The standard InChI is InChI=1S/C27H52O7/c1-22-24(29)21-25(30)27(34-22)33-19-17-15-13-11-9-7-5-3-2-4-6-8-10-12-14-16-18-23(28)20-26(31)32/h22-25,27-30H,2-21H2,1H3,(H,31,32)/p-1/t22-,23+,24+,25+,27+/m0/s1. The molecule has 0 unspecified atom stereocenters. The van der Waals surface area contributed by atoms with E-state index in [2.05, 4.69) is 0 Å². The zero-order chi connectivity index (χ0) is 25.0. The molecule has 1 saturated heterocycles. The SMILES string of the molecule is C[C@@H]1O[C@@H](OCCCCCCCCCCCCCCCCCC[C@@H](O)CC(=O)[O-])[C@H](O)C[C@H]1O. The number of hydrogen-bond donors (Lipinski definition) is 3. The normalized spacial score (nSPS) is 23.8. The van der Waals surface area contributed by atoms with E-state index in [0.717, 1.165) is 25.7 Å². The summed E-state index contributed by atoms with van der Waals surface area (Å²) in [6.45, 7) is 2.40. The second kappa shape index (κ2) is 20.5. The molecule has 0 radical (unpaired) electrons. The molecule has 7 nitrogen and oxygen atoms in total. The number of carbonyl (C=O) groups is 1. The molecule has 1 aliphatic rings. The van der Waals surface area contributed by atoms with Gasteiger partial charge in [-0.2, -0.15) is 0 Å². The number of carboxylic acid groups (broad SMARTS) is 1. The number of ether oxygens (including phenoxy) is 2. The Hall–Kier alpha value is -0.730. The van der Waals surface area contributed by atoms with E-state index < -0.39 is 30.6 Å². The summed E-state index contributed by atoms with van der Waals surface area (Å²) in [5, 5.41) is 39.4. The van der Waals surface area contributed by atoms with Gasteiger partial charge in [0.2, 0.25) is 0 Å². The van der Waals surface area contributed by atoms with Crippen LogP contribution in [0.5, 0.6) is 0 Å². The Kier molecular flexibility index (Phi) is 18.8. The van der Waals surface area contributed by atoms with Gasteiger partial charge >= 0.3 is 0 Å². The van der Waals surface area contributed by atoms with Gasteiger partial charge in [-0.1, -0.05) is 96.3 Å². The van der Waals surface area contributed by atoms with Crippen LogP contribution in [0.25, 0.3) is 0 Å². The monoisotopic (exact) mass is 487 g/mol. The van der Waals surface area contributed by atoms with E-state index in [0.29, 0.717) is 19.4 Å². The Bertz CT molecular complexity index is 488. The van der Waals surface area contributed by atoms with Gasteiger partial charge in [0.15, 0.2) is 6.29 Å². The van der Waals surface area contributed by atoms with Gasteiger partial charge in [0.1, 0.15) is 6.10 Å². The summed E-state index contributed by atoms with van der Waals surface area (Å²) in [6.07, 6.45) is 17.1. The van der Waals surface area contributed by atoms with Crippen LogP contribution in [0, 0.1) is 0 Å². The lowest BCUT2D eigenvalue weighted by molar-refractivity contribution is -0.307. The topological polar surface area (TPSA) is 119 Å². The highest BCUT2D eigenvalue weighted by Gasteiger charge is 2.34. The number of hydrogen-bond acceptors (Lipinski definition) is 7. The molecule has 1 rings (SSSR count). The highest BCUT2D eigenvalue weighted by molar-refractivity contribution is 5.64. The van der Waals surface area contributed by atoms with Crippen molar-refractivity contribution in [2.45, 2.75) is 160 Å². The Morgan fingerprint density at radius 2 is 1.26 bits per heavy atom. The van der Waals surface area contributed by atoms with Crippen LogP contribution in [0.1, 0.15) is 129 Å². The molecule has 1 aliphatic heterocycles. The molecular weight excluding hydrogens is 436 g/mol. The number of carbonyl (C=O) groups excluding carboxylic acids is 1. The molecule has 0 aromatic rings. The molecule has 0 aliphatic carbocycles. The third-order valence-corrected chi connectivity index (χ3v) is 6.80. The first-order valence-electron chi connectivity index (χ1n) is 13.9. The van der Waals surface area contributed by atoms with Crippen molar-refractivity contribution in [1.82, 2.24) is 0 Å². The number of carboxylic acids is 1. The molecule has 1 fully saturated rings. The average molecular weight is 488 g/mol. The highest BCUT2D eigenvalue weighted by Crippen LogP contribution is 2.21. The molecule has 1 heterocycles. The fourth-order valence-corrected chi connectivity index (χ4v) is 4.54. The van der Waals surface area contributed by atoms with Gasteiger partial charge in [-0.15, -0.1) is 0 Å². The first-order chi connectivity index (χ1) is 16.4. The third kappa shape index (κ3) is 16.8. The number of unbranched alkanes of at least 4 members (excludes halogenated alkanes) is 15. The molecule has 0 aromatic carbocycles. The van der Waals surface area contributed by atoms with E-state index in [1.54, 1.807) is 6.92 Å². The maximum absolute atomic E-state index is 10.4. The summed E-state index contributed by atoms with van der Waals surface area (Å²) < 4.78 is 11.2. The summed E-state index contributed by atoms with van der Waals surface area (Å²) in [7, 11) is 0. The molecule has 0 aromatic heterocycles. The summed E-state index contributed by atoms with van der Waals surface area (Å²) in [4.78, 5) is 10.4. The molecule has 0 saturated carbocycles. The maximum Gasteiger partial charge on any atom is 0.183 e. The first kappa shape index (κ1) is 31.3. The maximum atomic E-state index is 10.4. The summed E-state index contributed by atoms with van der Waals surface area (Å²) in [5.41, 5.74) is 0. The van der Waals surface area contributed by atoms with Crippen LogP contribution in [0.2, 0.25) is 0 Å². The van der Waals surface area contributed by atoms with Crippen molar-refractivity contribution < 1.29 is 34.7 Å². The minimum Gasteiger partial charge on any atom is -0.550 e. The molecule has 0 amide bonds. The van der Waals surface area contributed by atoms with Crippen LogP contribution in [0.3, 0.4) is 0 Å². The minimum atomic E-state index is -1.17. The molecule has 202 valence electrons. The zero-order valence-corrected chi connectivity index (χ0v) is 21.5. The minimum absolute atomic E-state index is 0.245. The van der Waals surface area contributed by atoms with E-state index in [4.69, 9.17) is 9.47 Å². The van der Waals surface area contributed by atoms with Crippen LogP contribution in [-0.4, -0.2) is 58.6 Å². The van der Waals surface area contributed by atoms with Crippen LogP contribution >= 0.6 is 0 Å². The van der Waals surface area contributed by atoms with Gasteiger partial charge in [0.05, 0.1) is 18.3 Å². The Labute approximate surface area is 207 Å². The summed E-state index contributed by atoms with van der Waals surface area (Å²) in [5.74, 6) is -1.17. The molecule has 0 bridgehead atoms. The number of aliphatic hydroxyl groups excluding tert-OH is 3. The van der Waals surface area contributed by atoms with Crippen molar-refractivity contribution >= 4 is 5.97 Å². The highest BCUT2D eigenvalue weighted by atomic mass is 16.7. The van der Waals surface area contributed by atoms with E-state index in [9.17, 15) is 25.2 Å². The molecule has 0 spiro atoms. The van der Waals surface area contributed by atoms with Crippen molar-refractivity contribution in [3.63, 3.8) is 0 Å². The van der Waals surface area contributed by atoms with E-state index in [1.807, 2.05) is 0 Å². The lowest BCUT2D eigenvalue weighted by Gasteiger charge is -2.35. The summed E-state index contributed by atoms with van der Waals surface area (Å²) in [6, 6.07) is 0. The number of aliphatic hydroxyl groups is 3. The predicted molar refractivity (Wildman–Crippen MR) is 131 cm³/mol. The molecule has 7 heteroatoms. The Morgan fingerprint density at radius 3 is 1.74 bits per heavy atom. The average Bonchev–Trinajstić information content (AvgIpc) is 2.78. The Morgan fingerprint density at radius 1 is 0.824 bits per heavy atom. The van der Waals surface area contributed by atoms with E-state index in [-0.39, 0.29) is 12.5 Å². The number of rotatable bonds is 22. The van der Waals surface area contributed by atoms with E-state index >= 15 is 0 Å². The van der Waals surface area contributed by atoms with Crippen molar-refractivity contribution in [2.24, 2.45) is 0 Å². The fraction of sp³-hybridized carbons (Fsp3) is 0.963. The van der Waals surface area contributed by atoms with Gasteiger partial charge in [0.25, 0.3) is 0 Å². The van der Waals surface area contributed by atoms with Gasteiger partial charge in [-0.05, 0) is 19.8 Å². The third-order valence-electron chi connectivity index (χ3n) is 6.80. The van der Waals surface area contributed by atoms with Crippen LogP contribution in [-0.2, 0) is 14.3 Å². The number of aliphatic carboxylic acids is 1. The van der Waals surface area contributed by atoms with Gasteiger partial charge in [0, 0.05) is 25.4 Å². The van der Waals surface area contributed by atoms with Gasteiger partial charge in [-0.25, -0.2) is 0 Å². The Balaban J connectivity index is 1.74. The fourth-order valence-electron chi connectivity index (χ4n) is 4.54. The first-order valence-corrected chi connectivity index (χ1v) is 13.9. The molecule has 5 atom stereocenters. The molecular formula is C27H51O7-. The van der Waals surface area contributed by atoms with Gasteiger partial charge in [-0.3, -0.25) is 0 Å². The lowest BCUT2D eigenvalue weighted by Crippen LogP contribution is -2.47. The van der Waals surface area contributed by atoms with E-state index in [1.165, 1.54) is 77.0 Å². The van der Waals surface area contributed by atoms with Crippen molar-refractivity contribution in [3.8, 4) is 0 Å². The smallest absolute Gasteiger partial charge is 0.183 e. The molecule has 34 heavy (non-hydrogen) atoms. The van der Waals surface area contributed by atoms with Crippen LogP contribution < -0.4 is 5.11 Å². The van der Waals surface area contributed by atoms with Crippen molar-refractivity contribution in [1.29, 1.82) is 0 Å². The van der Waals surface area contributed by atoms with Crippen molar-refractivity contribution in [3.05, 3.63) is 0 Å². The van der Waals surface area contributed by atoms with Crippen LogP contribution in [0.4, 0.5) is 0 Å². The zero-order valence-electron chi connectivity index (χ0n) is 21.5. The summed E-state index contributed by atoms with van der Waals surface area (Å²) >= 11 is 0. The predicted octanol–water partition coefficient (Wildman–Crippen LogP) is 3.99.